The van der Waals surface area contributed by atoms with E-state index in [0.29, 0.717) is 12.3 Å². The zero-order chi connectivity index (χ0) is 17.3. The lowest BCUT2D eigenvalue weighted by Crippen LogP contribution is -2.39. The van der Waals surface area contributed by atoms with Gasteiger partial charge in [0.2, 0.25) is 5.91 Å². The molecule has 1 aromatic carbocycles. The number of likely N-dealkylation sites (tertiary alicyclic amines) is 1. The number of nitrogens with one attached hydrogen (secondary N) is 1. The number of hydrogen-bond acceptors (Lipinski definition) is 3. The molecule has 1 amide bonds. The Morgan fingerprint density at radius 3 is 2.56 bits per heavy atom. The van der Waals surface area contributed by atoms with Gasteiger partial charge < -0.3 is 10.2 Å². The van der Waals surface area contributed by atoms with E-state index < -0.39 is 0 Å². The second-order valence-corrected chi connectivity index (χ2v) is 6.80. The molecule has 25 heavy (non-hydrogen) atoms. The smallest absolute Gasteiger partial charge is 0.223 e. The van der Waals surface area contributed by atoms with Gasteiger partial charge in [0.25, 0.3) is 0 Å². The molecule has 1 fully saturated rings. The molecule has 1 aromatic heterocycles. The predicted molar refractivity (Wildman–Crippen MR) is 100 cm³/mol. The molecule has 1 aliphatic rings. The molecule has 4 nitrogen and oxygen atoms in total. The first-order valence-corrected chi connectivity index (χ1v) is 9.22. The molecular formula is C21H27N3O. The largest absolute Gasteiger partial charge is 0.343 e. The fourth-order valence-corrected chi connectivity index (χ4v) is 3.42. The predicted octanol–water partition coefficient (Wildman–Crippen LogP) is 3.04. The van der Waals surface area contributed by atoms with Crippen molar-refractivity contribution in [3.8, 4) is 0 Å². The van der Waals surface area contributed by atoms with Crippen LogP contribution in [0.25, 0.3) is 0 Å². The third kappa shape index (κ3) is 5.68. The summed E-state index contributed by atoms with van der Waals surface area (Å²) in [6, 6.07) is 14.6. The number of benzene rings is 1. The highest BCUT2D eigenvalue weighted by Crippen LogP contribution is 2.22. The maximum atomic E-state index is 12.3. The minimum Gasteiger partial charge on any atom is -0.343 e. The van der Waals surface area contributed by atoms with Gasteiger partial charge in [0.1, 0.15) is 0 Å². The fraction of sp³-hybridized carbons (Fsp3) is 0.429. The summed E-state index contributed by atoms with van der Waals surface area (Å²) >= 11 is 0. The minimum absolute atomic E-state index is 0.275. The number of rotatable bonds is 7. The monoisotopic (exact) mass is 337 g/mol. The van der Waals surface area contributed by atoms with E-state index in [4.69, 9.17) is 0 Å². The Hall–Kier alpha value is -2.20. The van der Waals surface area contributed by atoms with Crippen LogP contribution in [-0.4, -0.2) is 35.4 Å². The highest BCUT2D eigenvalue weighted by Gasteiger charge is 2.22. The van der Waals surface area contributed by atoms with Crippen molar-refractivity contribution in [3.63, 3.8) is 0 Å². The molecule has 0 saturated carbocycles. The van der Waals surface area contributed by atoms with Gasteiger partial charge in [-0.15, -0.1) is 0 Å². The highest BCUT2D eigenvalue weighted by molar-refractivity contribution is 5.76. The number of aromatic nitrogens is 1. The Morgan fingerprint density at radius 2 is 1.84 bits per heavy atom. The van der Waals surface area contributed by atoms with Gasteiger partial charge in [-0.05, 0) is 42.4 Å². The Kier molecular flexibility index (Phi) is 6.57. The Morgan fingerprint density at radius 1 is 1.08 bits per heavy atom. The molecule has 0 atom stereocenters. The number of pyridine rings is 1. The van der Waals surface area contributed by atoms with Crippen LogP contribution >= 0.6 is 0 Å². The normalized spacial score (nSPS) is 15.3. The summed E-state index contributed by atoms with van der Waals surface area (Å²) in [5.41, 5.74) is 2.56. The van der Waals surface area contributed by atoms with Crippen LogP contribution in [0.4, 0.5) is 0 Å². The summed E-state index contributed by atoms with van der Waals surface area (Å²) in [7, 11) is 0. The SMILES string of the molecule is O=C(CCNCc1cccnc1)N1CCC(Cc2ccccc2)CC1. The van der Waals surface area contributed by atoms with E-state index in [2.05, 4.69) is 40.6 Å². The minimum atomic E-state index is 0.275. The molecule has 2 aromatic rings. The highest BCUT2D eigenvalue weighted by atomic mass is 16.2. The van der Waals surface area contributed by atoms with Gasteiger partial charge >= 0.3 is 0 Å². The molecule has 4 heteroatoms. The van der Waals surface area contributed by atoms with E-state index in [-0.39, 0.29) is 5.91 Å². The molecule has 1 aliphatic heterocycles. The number of amides is 1. The Balaban J connectivity index is 1.33. The van der Waals surface area contributed by atoms with Gasteiger partial charge in [-0.2, -0.15) is 0 Å². The van der Waals surface area contributed by atoms with Crippen molar-refractivity contribution in [3.05, 3.63) is 66.0 Å². The van der Waals surface area contributed by atoms with Crippen LogP contribution in [0.3, 0.4) is 0 Å². The van der Waals surface area contributed by atoms with Crippen molar-refractivity contribution in [1.29, 1.82) is 0 Å². The van der Waals surface area contributed by atoms with E-state index in [1.807, 2.05) is 23.2 Å². The Bertz CT molecular complexity index is 637. The van der Waals surface area contributed by atoms with E-state index in [1.54, 1.807) is 6.20 Å². The average molecular weight is 337 g/mol. The summed E-state index contributed by atoms with van der Waals surface area (Å²) in [6.07, 6.45) is 7.56. The van der Waals surface area contributed by atoms with Crippen molar-refractivity contribution in [2.24, 2.45) is 5.92 Å². The zero-order valence-electron chi connectivity index (χ0n) is 14.7. The quantitative estimate of drug-likeness (QED) is 0.790. The van der Waals surface area contributed by atoms with E-state index >= 15 is 0 Å². The lowest BCUT2D eigenvalue weighted by atomic mass is 9.90. The zero-order valence-corrected chi connectivity index (χ0v) is 14.7. The summed E-state index contributed by atoms with van der Waals surface area (Å²) < 4.78 is 0. The van der Waals surface area contributed by atoms with Crippen LogP contribution in [0, 0.1) is 5.92 Å². The van der Waals surface area contributed by atoms with Crippen molar-refractivity contribution >= 4 is 5.91 Å². The maximum Gasteiger partial charge on any atom is 0.223 e. The first kappa shape index (κ1) is 17.6. The third-order valence-corrected chi connectivity index (χ3v) is 4.90. The first-order chi connectivity index (χ1) is 12.3. The van der Waals surface area contributed by atoms with Crippen LogP contribution in [0.5, 0.6) is 0 Å². The molecule has 0 spiro atoms. The second-order valence-electron chi connectivity index (χ2n) is 6.80. The maximum absolute atomic E-state index is 12.3. The first-order valence-electron chi connectivity index (χ1n) is 9.22. The van der Waals surface area contributed by atoms with Gasteiger partial charge in [-0.25, -0.2) is 0 Å². The number of carbonyl (C=O) groups is 1. The number of nitrogens with zero attached hydrogens (tertiary/aromatic N) is 2. The van der Waals surface area contributed by atoms with Crippen molar-refractivity contribution in [2.45, 2.75) is 32.2 Å². The van der Waals surface area contributed by atoms with Crippen LogP contribution in [0.1, 0.15) is 30.4 Å². The van der Waals surface area contributed by atoms with Gasteiger partial charge in [0.15, 0.2) is 0 Å². The van der Waals surface area contributed by atoms with Crippen LogP contribution in [-0.2, 0) is 17.8 Å². The topological polar surface area (TPSA) is 45.2 Å². The lowest BCUT2D eigenvalue weighted by Gasteiger charge is -2.32. The van der Waals surface area contributed by atoms with Crippen LogP contribution in [0.2, 0.25) is 0 Å². The lowest BCUT2D eigenvalue weighted by molar-refractivity contribution is -0.132. The molecule has 1 N–H and O–H groups in total. The van der Waals surface area contributed by atoms with Crippen molar-refractivity contribution in [2.75, 3.05) is 19.6 Å². The fourth-order valence-electron chi connectivity index (χ4n) is 3.42. The van der Waals surface area contributed by atoms with Gasteiger partial charge in [0.05, 0.1) is 0 Å². The number of hydrogen-bond donors (Lipinski definition) is 1. The van der Waals surface area contributed by atoms with E-state index in [0.717, 1.165) is 51.0 Å². The summed E-state index contributed by atoms with van der Waals surface area (Å²) in [5.74, 6) is 0.979. The van der Waals surface area contributed by atoms with Crippen molar-refractivity contribution in [1.82, 2.24) is 15.2 Å². The molecule has 0 unspecified atom stereocenters. The average Bonchev–Trinajstić information content (AvgIpc) is 2.67. The molecule has 0 radical (unpaired) electrons. The van der Waals surface area contributed by atoms with Crippen LogP contribution in [0.15, 0.2) is 54.9 Å². The molecular weight excluding hydrogens is 310 g/mol. The summed E-state index contributed by atoms with van der Waals surface area (Å²) in [5, 5.41) is 3.33. The standard InChI is InChI=1S/C21H27N3O/c25-21(8-12-23-17-20-7-4-11-22-16-20)24-13-9-19(10-14-24)15-18-5-2-1-3-6-18/h1-7,11,16,19,23H,8-10,12-15,17H2. The third-order valence-electron chi connectivity index (χ3n) is 4.90. The van der Waals surface area contributed by atoms with E-state index in [1.165, 1.54) is 5.56 Å². The summed E-state index contributed by atoms with van der Waals surface area (Å²) in [4.78, 5) is 18.5. The molecule has 132 valence electrons. The molecule has 2 heterocycles. The van der Waals surface area contributed by atoms with Gasteiger partial charge in [0, 0.05) is 45.0 Å². The van der Waals surface area contributed by atoms with Crippen LogP contribution < -0.4 is 5.32 Å². The van der Waals surface area contributed by atoms with E-state index in [9.17, 15) is 4.79 Å². The Labute approximate surface area is 150 Å². The number of carbonyl (C=O) groups excluding carboxylic acids is 1. The van der Waals surface area contributed by atoms with Crippen molar-refractivity contribution < 1.29 is 4.79 Å². The number of piperidine rings is 1. The molecule has 0 bridgehead atoms. The van der Waals surface area contributed by atoms with Gasteiger partial charge in [-0.3, -0.25) is 9.78 Å². The molecule has 3 rings (SSSR count). The molecule has 1 saturated heterocycles. The van der Waals surface area contributed by atoms with Gasteiger partial charge in [-0.1, -0.05) is 36.4 Å². The molecule has 0 aliphatic carbocycles. The second kappa shape index (κ2) is 9.33. The summed E-state index contributed by atoms with van der Waals surface area (Å²) in [6.45, 7) is 3.29.